The van der Waals surface area contributed by atoms with Crippen LogP contribution >= 0.6 is 0 Å². The topological polar surface area (TPSA) is 81.7 Å². The predicted molar refractivity (Wildman–Crippen MR) is 148 cm³/mol. The smallest absolute Gasteiger partial charge is 0.253 e. The van der Waals surface area contributed by atoms with E-state index in [9.17, 15) is 9.90 Å². The first kappa shape index (κ1) is 25.5. The number of imidazole rings is 1. The normalized spacial score (nSPS) is 15.2. The number of aryl methyl sites for hydroxylation is 1. The third-order valence-corrected chi connectivity index (χ3v) is 7.33. The number of para-hydroxylation sites is 1. The van der Waals surface area contributed by atoms with Crippen LogP contribution in [-0.2, 0) is 13.0 Å². The minimum atomic E-state index is -0.0915. The van der Waals surface area contributed by atoms with Crippen LogP contribution in [0.4, 0.5) is 0 Å². The van der Waals surface area contributed by atoms with E-state index in [0.717, 1.165) is 41.0 Å². The van der Waals surface area contributed by atoms with Crippen molar-refractivity contribution >= 4 is 5.91 Å². The highest BCUT2D eigenvalue weighted by molar-refractivity contribution is 5.94. The number of amides is 1. The van der Waals surface area contributed by atoms with Gasteiger partial charge in [-0.25, -0.2) is 4.98 Å². The molecule has 0 saturated carbocycles. The number of fused-ring (bicyclic) bond motifs is 1. The highest BCUT2D eigenvalue weighted by atomic mass is 16.5. The molecule has 1 amide bonds. The number of hydrogen-bond acceptors (Lipinski definition) is 5. The molecule has 7 nitrogen and oxygen atoms in total. The molecule has 0 spiro atoms. The Balaban J connectivity index is 1.54. The van der Waals surface area contributed by atoms with E-state index in [0.29, 0.717) is 36.7 Å². The number of carbonyl (C=O) groups excluding carboxylic acids is 1. The molecule has 2 heterocycles. The molecule has 1 unspecified atom stereocenters. The van der Waals surface area contributed by atoms with Crippen LogP contribution in [0.15, 0.2) is 73.1 Å². The number of hydrogen-bond donors (Lipinski definition) is 2. The van der Waals surface area contributed by atoms with Gasteiger partial charge in [0.2, 0.25) is 0 Å². The summed E-state index contributed by atoms with van der Waals surface area (Å²) in [4.78, 5) is 24.9. The largest absolute Gasteiger partial charge is 0.504 e. The summed E-state index contributed by atoms with van der Waals surface area (Å²) in [5.41, 5.74) is 5.98. The molecule has 1 aliphatic rings. The number of aromatic amines is 1. The van der Waals surface area contributed by atoms with E-state index < -0.39 is 0 Å². The Hall–Kier alpha value is -4.10. The van der Waals surface area contributed by atoms with Gasteiger partial charge in [0.05, 0.1) is 18.1 Å². The third kappa shape index (κ3) is 5.15. The Morgan fingerprint density at radius 3 is 2.50 bits per heavy atom. The van der Waals surface area contributed by atoms with Gasteiger partial charge in [-0.05, 0) is 80.3 Å². The van der Waals surface area contributed by atoms with Crippen LogP contribution in [-0.4, -0.2) is 50.4 Å². The molecule has 0 radical (unpaired) electrons. The lowest BCUT2D eigenvalue weighted by Gasteiger charge is -2.38. The number of aromatic nitrogens is 2. The number of aromatic hydroxyl groups is 1. The number of rotatable bonds is 8. The summed E-state index contributed by atoms with van der Waals surface area (Å²) in [6.45, 7) is 8.86. The Labute approximate surface area is 223 Å². The number of H-pyrrole nitrogens is 1. The van der Waals surface area contributed by atoms with Gasteiger partial charge in [-0.3, -0.25) is 9.69 Å². The molecule has 1 aromatic heterocycles. The highest BCUT2D eigenvalue weighted by Crippen LogP contribution is 2.42. The molecular formula is C31H34N4O3. The third-order valence-electron chi connectivity index (χ3n) is 7.33. The van der Waals surface area contributed by atoms with E-state index in [1.807, 2.05) is 92.4 Å². The number of benzene rings is 3. The van der Waals surface area contributed by atoms with Crippen LogP contribution in [0.1, 0.15) is 58.3 Å². The van der Waals surface area contributed by atoms with Crippen LogP contribution in [0.2, 0.25) is 0 Å². The standard InChI is InChI=1S/C31H34N4O3/c1-4-34(5-2)31(37)23-13-11-22(12-14-23)30-26-18-29(38-25-9-7-6-8-10-25)28(36)17-24(26)15-16-35(30)19-27-21(3)32-20-33-27/h6-14,17-18,20,30,36H,4-5,15-16,19H2,1-3H3,(H,32,33). The quantitative estimate of drug-likeness (QED) is 0.311. The lowest BCUT2D eigenvalue weighted by Crippen LogP contribution is -2.36. The van der Waals surface area contributed by atoms with Crippen LogP contribution < -0.4 is 4.74 Å². The fourth-order valence-electron chi connectivity index (χ4n) is 5.19. The number of phenols is 1. The average molecular weight is 511 g/mol. The van der Waals surface area contributed by atoms with Crippen molar-refractivity contribution in [2.24, 2.45) is 0 Å². The summed E-state index contributed by atoms with van der Waals surface area (Å²) in [5, 5.41) is 10.8. The Bertz CT molecular complexity index is 1390. The second-order valence-corrected chi connectivity index (χ2v) is 9.63. The average Bonchev–Trinajstić information content (AvgIpc) is 3.34. The summed E-state index contributed by atoms with van der Waals surface area (Å²) in [6.07, 6.45) is 2.53. The highest BCUT2D eigenvalue weighted by Gasteiger charge is 2.31. The van der Waals surface area contributed by atoms with Crippen molar-refractivity contribution in [2.75, 3.05) is 19.6 Å². The summed E-state index contributed by atoms with van der Waals surface area (Å²) in [6, 6.07) is 21.1. The second-order valence-electron chi connectivity index (χ2n) is 9.63. The van der Waals surface area contributed by atoms with Crippen molar-refractivity contribution in [1.29, 1.82) is 0 Å². The van der Waals surface area contributed by atoms with Crippen molar-refractivity contribution in [3.63, 3.8) is 0 Å². The zero-order chi connectivity index (χ0) is 26.6. The fraction of sp³-hybridized carbons (Fsp3) is 0.290. The van der Waals surface area contributed by atoms with Gasteiger partial charge < -0.3 is 19.7 Å². The van der Waals surface area contributed by atoms with Gasteiger partial charge in [0.1, 0.15) is 5.75 Å². The number of ether oxygens (including phenoxy) is 1. The van der Waals surface area contributed by atoms with Gasteiger partial charge in [0, 0.05) is 37.4 Å². The minimum Gasteiger partial charge on any atom is -0.504 e. The van der Waals surface area contributed by atoms with Gasteiger partial charge in [-0.15, -0.1) is 0 Å². The van der Waals surface area contributed by atoms with Crippen LogP contribution in [0.3, 0.4) is 0 Å². The lowest BCUT2D eigenvalue weighted by atomic mass is 9.87. The summed E-state index contributed by atoms with van der Waals surface area (Å²) in [7, 11) is 0. The van der Waals surface area contributed by atoms with Crippen molar-refractivity contribution in [2.45, 2.75) is 39.8 Å². The van der Waals surface area contributed by atoms with Gasteiger partial charge in [0.25, 0.3) is 5.91 Å². The molecule has 38 heavy (non-hydrogen) atoms. The molecule has 1 atom stereocenters. The maximum atomic E-state index is 12.9. The van der Waals surface area contributed by atoms with E-state index in [-0.39, 0.29) is 17.7 Å². The van der Waals surface area contributed by atoms with Crippen LogP contribution in [0, 0.1) is 6.92 Å². The Morgan fingerprint density at radius 2 is 1.84 bits per heavy atom. The van der Waals surface area contributed by atoms with Gasteiger partial charge in [-0.2, -0.15) is 0 Å². The number of carbonyl (C=O) groups is 1. The first-order chi connectivity index (χ1) is 18.5. The van der Waals surface area contributed by atoms with E-state index in [4.69, 9.17) is 4.74 Å². The molecule has 0 saturated heterocycles. The van der Waals surface area contributed by atoms with Crippen molar-refractivity contribution in [3.05, 3.63) is 107 Å². The Kier molecular flexibility index (Phi) is 7.47. The molecule has 0 bridgehead atoms. The van der Waals surface area contributed by atoms with Gasteiger partial charge >= 0.3 is 0 Å². The molecule has 0 fully saturated rings. The maximum Gasteiger partial charge on any atom is 0.253 e. The fourth-order valence-corrected chi connectivity index (χ4v) is 5.19. The zero-order valence-corrected chi connectivity index (χ0v) is 22.1. The second kappa shape index (κ2) is 11.1. The Morgan fingerprint density at radius 1 is 1.11 bits per heavy atom. The maximum absolute atomic E-state index is 12.9. The summed E-state index contributed by atoms with van der Waals surface area (Å²) < 4.78 is 6.09. The van der Waals surface area contributed by atoms with Gasteiger partial charge in [0.15, 0.2) is 11.5 Å². The lowest BCUT2D eigenvalue weighted by molar-refractivity contribution is 0.0773. The van der Waals surface area contributed by atoms with Crippen molar-refractivity contribution < 1.29 is 14.6 Å². The summed E-state index contributed by atoms with van der Waals surface area (Å²) in [5.74, 6) is 1.26. The van der Waals surface area contributed by atoms with Crippen molar-refractivity contribution in [1.82, 2.24) is 19.8 Å². The SMILES string of the molecule is CCN(CC)C(=O)c1ccc(C2c3cc(Oc4ccccc4)c(O)cc3CCN2Cc2nc[nH]c2C)cc1. The molecule has 7 heteroatoms. The molecule has 1 aliphatic heterocycles. The predicted octanol–water partition coefficient (Wildman–Crippen LogP) is 5.85. The number of phenolic OH excluding ortho intramolecular Hbond substituents is 1. The van der Waals surface area contributed by atoms with E-state index in [2.05, 4.69) is 14.9 Å². The molecule has 196 valence electrons. The molecule has 2 N–H and O–H groups in total. The molecule has 5 rings (SSSR count). The van der Waals surface area contributed by atoms with Gasteiger partial charge in [-0.1, -0.05) is 30.3 Å². The first-order valence-electron chi connectivity index (χ1n) is 13.2. The summed E-state index contributed by atoms with van der Waals surface area (Å²) >= 11 is 0. The molecule has 4 aromatic rings. The number of nitrogens with one attached hydrogen (secondary N) is 1. The van der Waals surface area contributed by atoms with Crippen molar-refractivity contribution in [3.8, 4) is 17.2 Å². The van der Waals surface area contributed by atoms with E-state index in [1.54, 1.807) is 6.33 Å². The molecule has 0 aliphatic carbocycles. The monoisotopic (exact) mass is 510 g/mol. The molecular weight excluding hydrogens is 476 g/mol. The molecule has 3 aromatic carbocycles. The van der Waals surface area contributed by atoms with Crippen LogP contribution in [0.5, 0.6) is 17.2 Å². The zero-order valence-electron chi connectivity index (χ0n) is 22.1. The number of nitrogens with zero attached hydrogens (tertiary/aromatic N) is 3. The van der Waals surface area contributed by atoms with Crippen LogP contribution in [0.25, 0.3) is 0 Å². The van der Waals surface area contributed by atoms with E-state index in [1.165, 1.54) is 0 Å². The first-order valence-corrected chi connectivity index (χ1v) is 13.2. The minimum absolute atomic E-state index is 0.0399. The van der Waals surface area contributed by atoms with E-state index >= 15 is 0 Å².